The number of para-hydroxylation sites is 6. The predicted octanol–water partition coefficient (Wildman–Crippen LogP) is 28.5. The van der Waals surface area contributed by atoms with Crippen LogP contribution in [0.1, 0.15) is 130 Å². The summed E-state index contributed by atoms with van der Waals surface area (Å²) in [5, 5.41) is 2.34. The molecule has 6 nitrogen and oxygen atoms in total. The zero-order valence-electron chi connectivity index (χ0n) is 82.2. The molecule has 21 rings (SSSR count). The van der Waals surface area contributed by atoms with Gasteiger partial charge in [0.25, 0.3) is 0 Å². The minimum absolute atomic E-state index is 0.0819. The van der Waals surface area contributed by atoms with E-state index in [-0.39, 0.29) is 88.1 Å². The average Bonchev–Trinajstić information content (AvgIpc) is 1.28. The van der Waals surface area contributed by atoms with Crippen LogP contribution >= 0.6 is 0 Å². The van der Waals surface area contributed by atoms with E-state index in [4.69, 9.17) is 8.53 Å². The van der Waals surface area contributed by atoms with Gasteiger partial charge in [-0.3, -0.25) is 0 Å². The van der Waals surface area contributed by atoms with Crippen LogP contribution in [-0.2, 0) is 16.2 Å². The summed E-state index contributed by atoms with van der Waals surface area (Å²) < 4.78 is 213. The van der Waals surface area contributed by atoms with Crippen LogP contribution in [0.4, 0.5) is 34.1 Å². The molecule has 524 valence electrons. The van der Waals surface area contributed by atoms with Gasteiger partial charge in [0.15, 0.2) is 11.2 Å². The van der Waals surface area contributed by atoms with Crippen molar-refractivity contribution in [2.24, 2.45) is 0 Å². The average molecular weight is 1430 g/mol. The SMILES string of the molecule is [2H]c1c([2H])c([2H])c(-c2ccc3c(c2)N(c2c(-c4ccccc4)cc(C(C)(C)C)cc2-c2ccccc2)c2cc(-n4c5c([2H])c([2H])c([2H])c([2H])c5c5c([2H])c([2H])c([2H])c([2H])c54)cc4c2C3c2ccc(-n3c5ccc(C(C)(C)C)cc5c5cc(C(C)(C)C)ccc53)cc2N4c2cccc3c2oc2c(-n4c5c([2H])c([2H])c([2H])c([2H])c5c5c([2H])c([2H])c([2H])c([2H])c54)cccc23)c([2H])c1[2H]. The van der Waals surface area contributed by atoms with Crippen molar-refractivity contribution in [2.75, 3.05) is 9.80 Å². The molecule has 4 aromatic heterocycles. The molecule has 0 aliphatic carbocycles. The molecule has 0 fully saturated rings. The van der Waals surface area contributed by atoms with E-state index in [9.17, 15) is 24.7 Å². The lowest BCUT2D eigenvalue weighted by Gasteiger charge is -2.46. The van der Waals surface area contributed by atoms with Crippen molar-refractivity contribution >= 4 is 121 Å². The third kappa shape index (κ3) is 9.86. The normalized spacial score (nSPS) is 16.5. The number of nitrogens with zero attached hydrogens (tertiary/aromatic N) is 5. The molecule has 2 aliphatic heterocycles. The lowest BCUT2D eigenvalue weighted by atomic mass is 9.74. The molecule has 15 aromatic carbocycles. The van der Waals surface area contributed by atoms with E-state index in [1.807, 2.05) is 109 Å². The quantitative estimate of drug-likeness (QED) is 0.152. The number of hydrogen-bond donors (Lipinski definition) is 0. The minimum Gasteiger partial charge on any atom is -0.452 e. The van der Waals surface area contributed by atoms with E-state index in [0.717, 1.165) is 49.6 Å². The maximum Gasteiger partial charge on any atom is 0.159 e. The number of aromatic nitrogens is 3. The molecular weight excluding hydrogens is 1320 g/mol. The van der Waals surface area contributed by atoms with Gasteiger partial charge in [-0.2, -0.15) is 0 Å². The third-order valence-corrected chi connectivity index (χ3v) is 22.2. The van der Waals surface area contributed by atoms with Gasteiger partial charge in [0.2, 0.25) is 0 Å². The highest BCUT2D eigenvalue weighted by molar-refractivity contribution is 6.17. The molecule has 0 saturated heterocycles. The molecule has 0 bridgehead atoms. The van der Waals surface area contributed by atoms with E-state index in [1.54, 1.807) is 18.2 Å². The summed E-state index contributed by atoms with van der Waals surface area (Å²) in [6.07, 6.45) is 0. The van der Waals surface area contributed by atoms with Gasteiger partial charge in [-0.05, 0) is 169 Å². The van der Waals surface area contributed by atoms with Gasteiger partial charge < -0.3 is 27.9 Å². The van der Waals surface area contributed by atoms with Crippen molar-refractivity contribution in [1.29, 1.82) is 0 Å². The van der Waals surface area contributed by atoms with Gasteiger partial charge in [0.1, 0.15) is 0 Å². The molecular formula is C103H81N5O. The van der Waals surface area contributed by atoms with Gasteiger partial charge in [0.05, 0.1) is 107 Å². The fourth-order valence-corrected chi connectivity index (χ4v) is 17.0. The minimum atomic E-state index is -0.889. The molecule has 0 N–H and O–H groups in total. The molecule has 19 aromatic rings. The number of furan rings is 1. The van der Waals surface area contributed by atoms with Crippen LogP contribution in [0.25, 0.3) is 138 Å². The second-order valence-corrected chi connectivity index (χ2v) is 31.7. The Hall–Kier alpha value is -12.9. The summed E-state index contributed by atoms with van der Waals surface area (Å²) in [4.78, 5) is 4.21. The first-order chi connectivity index (χ1) is 61.7. The molecule has 0 spiro atoms. The Morgan fingerprint density at radius 3 is 1.25 bits per heavy atom. The summed E-state index contributed by atoms with van der Waals surface area (Å²) in [5.41, 5.74) is 12.5. The number of anilines is 6. The standard InChI is InChI=1S/C103H81N5O/c1-101(2,3)67-48-53-88-82(56-67)83-57-68(102(4,5)6)49-54-89(83)104(88)70-50-52-79-93(60-70)107(91-46-28-40-77-76-39-27-45-90(99(76)109-100(77)91)106-86-43-25-21-37-74(86)75-38-22-26-44-87(75)106)94-61-71(105-84-41-23-19-35-72(84)73-36-20-24-42-85(73)105)62-95-97(94)96(79)78-51-47-66(63-29-13-10-14-30-63)55-92(78)108(95)98-80(64-31-15-11-16-32-64)58-69(103(7,8)9)59-81(98)65-33-17-12-18-34-65/h10-62,96H,1-9H3/i10D,13D,14D,19D,20D,21D,22D,23D,24D,25D,26D,29D,30D,35D,36D,37D,38D,41D,42D,43D,44D. The molecule has 0 amide bonds. The number of fused-ring (bicyclic) bond motifs is 16. The second kappa shape index (κ2) is 23.8. The first-order valence-corrected chi connectivity index (χ1v) is 36.7. The fourth-order valence-electron chi connectivity index (χ4n) is 17.0. The Balaban J connectivity index is 0.985. The fraction of sp³-hybridized carbons (Fsp3) is 0.126. The second-order valence-electron chi connectivity index (χ2n) is 31.7. The highest BCUT2D eigenvalue weighted by atomic mass is 16.3. The Kier molecular flexibility index (Phi) is 10.1. The van der Waals surface area contributed by atoms with Crippen LogP contribution in [-0.4, -0.2) is 13.7 Å². The monoisotopic (exact) mass is 1420 g/mol. The van der Waals surface area contributed by atoms with E-state index in [0.29, 0.717) is 78.4 Å². The number of rotatable bonds is 8. The van der Waals surface area contributed by atoms with Gasteiger partial charge >= 0.3 is 0 Å². The van der Waals surface area contributed by atoms with Gasteiger partial charge in [0, 0.05) is 71.4 Å². The van der Waals surface area contributed by atoms with Crippen LogP contribution in [0.5, 0.6) is 0 Å². The van der Waals surface area contributed by atoms with Crippen molar-refractivity contribution in [1.82, 2.24) is 13.7 Å². The van der Waals surface area contributed by atoms with E-state index >= 15 is 0 Å². The van der Waals surface area contributed by atoms with E-state index in [1.165, 1.54) is 9.13 Å². The summed E-state index contributed by atoms with van der Waals surface area (Å²) in [6.45, 7) is 19.5. The Morgan fingerprint density at radius 2 is 0.725 bits per heavy atom. The largest absolute Gasteiger partial charge is 0.452 e. The van der Waals surface area contributed by atoms with Crippen LogP contribution in [0.3, 0.4) is 0 Å². The highest BCUT2D eigenvalue weighted by Gasteiger charge is 2.44. The molecule has 0 radical (unpaired) electrons. The van der Waals surface area contributed by atoms with Crippen molar-refractivity contribution in [3.05, 3.63) is 354 Å². The molecule has 1 atom stereocenters. The molecule has 2 aliphatic rings. The summed E-state index contributed by atoms with van der Waals surface area (Å²) in [7, 11) is 0. The Labute approximate surface area is 664 Å². The summed E-state index contributed by atoms with van der Waals surface area (Å²) in [5.74, 6) is -0.889. The van der Waals surface area contributed by atoms with E-state index in [2.05, 4.69) is 143 Å². The zero-order valence-corrected chi connectivity index (χ0v) is 61.2. The Bertz CT molecular complexity index is 8020. The van der Waals surface area contributed by atoms with Crippen molar-refractivity contribution in [3.8, 4) is 50.4 Å². The van der Waals surface area contributed by atoms with Crippen LogP contribution in [0.2, 0.25) is 0 Å². The molecule has 6 heteroatoms. The van der Waals surface area contributed by atoms with Crippen molar-refractivity contribution in [2.45, 2.75) is 84.5 Å². The van der Waals surface area contributed by atoms with Gasteiger partial charge in [-0.15, -0.1) is 0 Å². The summed E-state index contributed by atoms with van der Waals surface area (Å²) >= 11 is 0. The van der Waals surface area contributed by atoms with Gasteiger partial charge in [-0.25, -0.2) is 0 Å². The van der Waals surface area contributed by atoms with E-state index < -0.39 is 138 Å². The maximum atomic E-state index is 10.2. The zero-order chi connectivity index (χ0) is 91.8. The first-order valence-electron chi connectivity index (χ1n) is 47.2. The number of hydrogen-bond acceptors (Lipinski definition) is 3. The maximum absolute atomic E-state index is 10.2. The van der Waals surface area contributed by atoms with Crippen LogP contribution < -0.4 is 9.80 Å². The third-order valence-electron chi connectivity index (χ3n) is 22.2. The summed E-state index contributed by atoms with van der Waals surface area (Å²) in [6, 6.07) is 52.0. The first kappa shape index (κ1) is 46.2. The lowest BCUT2D eigenvalue weighted by Crippen LogP contribution is -2.30. The topological polar surface area (TPSA) is 34.4 Å². The van der Waals surface area contributed by atoms with Crippen LogP contribution in [0, 0.1) is 0 Å². The van der Waals surface area contributed by atoms with Gasteiger partial charge in [-0.1, -0.05) is 280 Å². The van der Waals surface area contributed by atoms with Crippen molar-refractivity contribution in [3.63, 3.8) is 0 Å². The molecule has 1 unspecified atom stereocenters. The molecule has 109 heavy (non-hydrogen) atoms. The lowest BCUT2D eigenvalue weighted by molar-refractivity contribution is 0.590. The van der Waals surface area contributed by atoms with Crippen LogP contribution in [0.15, 0.2) is 325 Å². The highest BCUT2D eigenvalue weighted by Crippen LogP contribution is 2.64. The predicted molar refractivity (Wildman–Crippen MR) is 459 cm³/mol. The Morgan fingerprint density at radius 1 is 0.284 bits per heavy atom. The molecule has 6 heterocycles. The number of benzene rings is 15. The van der Waals surface area contributed by atoms with Crippen molar-refractivity contribution < 1.29 is 33.2 Å². The molecule has 0 saturated carbocycles. The smallest absolute Gasteiger partial charge is 0.159 e.